The molecule has 0 aromatic carbocycles. The van der Waals surface area contributed by atoms with Gasteiger partial charge in [0.15, 0.2) is 0 Å². The highest BCUT2D eigenvalue weighted by Crippen LogP contribution is 2.19. The Kier molecular flexibility index (Phi) is 3.35. The Labute approximate surface area is 75.8 Å². The van der Waals surface area contributed by atoms with Crippen molar-refractivity contribution in [3.63, 3.8) is 0 Å². The molecule has 0 saturated heterocycles. The molecule has 4 nitrogen and oxygen atoms in total. The molecule has 0 aliphatic heterocycles. The standard InChI is InChI=1S/C6H10F2N2O2S/c1-6(2,4-9)10(3)13(11,12)5(7)8/h5H,1-3H3. The van der Waals surface area contributed by atoms with Crippen LogP contribution in [0.2, 0.25) is 0 Å². The first kappa shape index (κ1) is 12.3. The Hall–Kier alpha value is -0.740. The van der Waals surface area contributed by atoms with Crippen molar-refractivity contribution in [1.29, 1.82) is 5.26 Å². The summed E-state index contributed by atoms with van der Waals surface area (Å²) in [6.07, 6.45) is 0. The van der Waals surface area contributed by atoms with E-state index in [1.807, 2.05) is 0 Å². The lowest BCUT2D eigenvalue weighted by Gasteiger charge is -2.27. The Morgan fingerprint density at radius 1 is 1.46 bits per heavy atom. The molecule has 0 rings (SSSR count). The number of alkyl halides is 2. The third-order valence-corrected chi connectivity index (χ3v) is 3.34. The average Bonchev–Trinajstić information content (AvgIpc) is 2.02. The van der Waals surface area contributed by atoms with Crippen LogP contribution in [0.3, 0.4) is 0 Å². The first-order valence-electron chi connectivity index (χ1n) is 3.33. The molecule has 0 N–H and O–H groups in total. The van der Waals surface area contributed by atoms with Gasteiger partial charge in [0.05, 0.1) is 6.07 Å². The topological polar surface area (TPSA) is 61.2 Å². The van der Waals surface area contributed by atoms with E-state index in [0.717, 1.165) is 7.05 Å². The first-order valence-corrected chi connectivity index (χ1v) is 4.84. The average molecular weight is 212 g/mol. The summed E-state index contributed by atoms with van der Waals surface area (Å²) < 4.78 is 46.1. The smallest absolute Gasteiger partial charge is 0.206 e. The van der Waals surface area contributed by atoms with Gasteiger partial charge in [-0.1, -0.05) is 0 Å². The van der Waals surface area contributed by atoms with Crippen LogP contribution in [-0.2, 0) is 10.0 Å². The van der Waals surface area contributed by atoms with Crippen molar-refractivity contribution in [2.24, 2.45) is 0 Å². The van der Waals surface area contributed by atoms with E-state index >= 15 is 0 Å². The summed E-state index contributed by atoms with van der Waals surface area (Å²) in [6.45, 7) is 2.49. The molecule has 0 bridgehead atoms. The molecule has 0 aromatic rings. The van der Waals surface area contributed by atoms with Crippen LogP contribution < -0.4 is 0 Å². The number of nitrogens with zero attached hydrogens (tertiary/aromatic N) is 2. The van der Waals surface area contributed by atoms with Gasteiger partial charge in [0.25, 0.3) is 10.0 Å². The Morgan fingerprint density at radius 2 is 1.85 bits per heavy atom. The van der Waals surface area contributed by atoms with Crippen molar-refractivity contribution >= 4 is 10.0 Å². The van der Waals surface area contributed by atoms with Gasteiger partial charge in [-0.15, -0.1) is 0 Å². The predicted octanol–water partition coefficient (Wildman–Crippen LogP) is 0.773. The maximum atomic E-state index is 12.0. The zero-order valence-electron chi connectivity index (χ0n) is 7.45. The normalized spacial score (nSPS) is 13.4. The number of hydrogen-bond acceptors (Lipinski definition) is 3. The summed E-state index contributed by atoms with van der Waals surface area (Å²) in [5.74, 6) is -3.50. The second-order valence-electron chi connectivity index (χ2n) is 2.94. The van der Waals surface area contributed by atoms with Crippen molar-refractivity contribution in [3.05, 3.63) is 0 Å². The monoisotopic (exact) mass is 212 g/mol. The van der Waals surface area contributed by atoms with Gasteiger partial charge in [-0.25, -0.2) is 8.42 Å². The van der Waals surface area contributed by atoms with Crippen molar-refractivity contribution in [2.75, 3.05) is 7.05 Å². The number of rotatable bonds is 3. The van der Waals surface area contributed by atoms with Crippen LogP contribution in [0, 0.1) is 11.3 Å². The summed E-state index contributed by atoms with van der Waals surface area (Å²) in [7, 11) is -3.72. The van der Waals surface area contributed by atoms with Gasteiger partial charge in [0.2, 0.25) is 0 Å². The molecule has 0 aliphatic carbocycles. The molecular weight excluding hydrogens is 202 g/mol. The molecule has 13 heavy (non-hydrogen) atoms. The minimum atomic E-state index is -4.67. The van der Waals surface area contributed by atoms with Gasteiger partial charge in [-0.05, 0) is 13.8 Å². The summed E-state index contributed by atoms with van der Waals surface area (Å²) in [5, 5.41) is 8.51. The quantitative estimate of drug-likeness (QED) is 0.694. The van der Waals surface area contributed by atoms with Crippen molar-refractivity contribution in [2.45, 2.75) is 25.1 Å². The predicted molar refractivity (Wildman–Crippen MR) is 42.4 cm³/mol. The minimum absolute atomic E-state index is 0.366. The third-order valence-electron chi connectivity index (χ3n) is 1.67. The fourth-order valence-electron chi connectivity index (χ4n) is 0.508. The molecule has 0 saturated carbocycles. The number of nitriles is 1. The second kappa shape index (κ2) is 3.55. The number of halogens is 2. The summed E-state index contributed by atoms with van der Waals surface area (Å²) in [4.78, 5) is 0. The van der Waals surface area contributed by atoms with Crippen molar-refractivity contribution in [1.82, 2.24) is 4.31 Å². The summed E-state index contributed by atoms with van der Waals surface area (Å²) >= 11 is 0. The fraction of sp³-hybridized carbons (Fsp3) is 0.833. The lowest BCUT2D eigenvalue weighted by molar-refractivity contribution is 0.210. The van der Waals surface area contributed by atoms with Crippen LogP contribution in [0.15, 0.2) is 0 Å². The molecule has 0 unspecified atom stereocenters. The largest absolute Gasteiger partial charge is 0.350 e. The molecule has 7 heteroatoms. The molecule has 76 valence electrons. The molecule has 0 spiro atoms. The van der Waals surface area contributed by atoms with E-state index in [0.29, 0.717) is 4.31 Å². The van der Waals surface area contributed by atoms with E-state index in [-0.39, 0.29) is 0 Å². The van der Waals surface area contributed by atoms with Crippen molar-refractivity contribution < 1.29 is 17.2 Å². The third kappa shape index (κ3) is 2.35. The van der Waals surface area contributed by atoms with Crippen LogP contribution in [0.1, 0.15) is 13.8 Å². The molecular formula is C6H10F2N2O2S. The van der Waals surface area contributed by atoms with Gasteiger partial charge in [0.1, 0.15) is 5.54 Å². The molecule has 0 aliphatic rings. The van der Waals surface area contributed by atoms with E-state index in [2.05, 4.69) is 0 Å². The molecule has 0 aromatic heterocycles. The van der Waals surface area contributed by atoms with E-state index in [4.69, 9.17) is 5.26 Å². The fourth-order valence-corrected chi connectivity index (χ4v) is 1.42. The van der Waals surface area contributed by atoms with E-state index in [9.17, 15) is 17.2 Å². The lowest BCUT2D eigenvalue weighted by Crippen LogP contribution is -2.46. The van der Waals surface area contributed by atoms with E-state index in [1.54, 1.807) is 6.07 Å². The van der Waals surface area contributed by atoms with Crippen molar-refractivity contribution in [3.8, 4) is 6.07 Å². The van der Waals surface area contributed by atoms with Gasteiger partial charge in [-0.2, -0.15) is 18.3 Å². The molecule has 0 amide bonds. The highest BCUT2D eigenvalue weighted by molar-refractivity contribution is 7.89. The van der Waals surface area contributed by atoms with Crippen LogP contribution >= 0.6 is 0 Å². The van der Waals surface area contributed by atoms with Crippen LogP contribution in [0.5, 0.6) is 0 Å². The number of sulfonamides is 1. The number of hydrogen-bond donors (Lipinski definition) is 0. The van der Waals surface area contributed by atoms with Gasteiger partial charge in [-0.3, -0.25) is 0 Å². The Balaban J connectivity index is 5.05. The maximum absolute atomic E-state index is 12.0. The first-order chi connectivity index (χ1) is 5.66. The van der Waals surface area contributed by atoms with Gasteiger partial charge < -0.3 is 0 Å². The SMILES string of the molecule is CN(C(C)(C)C#N)S(=O)(=O)C(F)F. The van der Waals surface area contributed by atoms with E-state index in [1.165, 1.54) is 13.8 Å². The molecule has 0 heterocycles. The van der Waals surface area contributed by atoms with E-state index < -0.39 is 21.3 Å². The molecule has 0 radical (unpaired) electrons. The highest BCUT2D eigenvalue weighted by Gasteiger charge is 2.38. The van der Waals surface area contributed by atoms with Crippen LogP contribution in [-0.4, -0.2) is 31.1 Å². The van der Waals surface area contributed by atoms with Crippen LogP contribution in [0.4, 0.5) is 8.78 Å². The summed E-state index contributed by atoms with van der Waals surface area (Å²) in [6, 6.07) is 1.62. The zero-order valence-corrected chi connectivity index (χ0v) is 8.27. The molecule has 0 fully saturated rings. The van der Waals surface area contributed by atoms with Crippen LogP contribution in [0.25, 0.3) is 0 Å². The zero-order chi connectivity index (χ0) is 10.9. The molecule has 0 atom stereocenters. The summed E-state index contributed by atoms with van der Waals surface area (Å²) in [5.41, 5.74) is -1.46. The van der Waals surface area contributed by atoms with Gasteiger partial charge in [0, 0.05) is 7.05 Å². The Morgan fingerprint density at radius 3 is 2.08 bits per heavy atom. The highest BCUT2D eigenvalue weighted by atomic mass is 32.2. The second-order valence-corrected chi connectivity index (χ2v) is 4.88. The van der Waals surface area contributed by atoms with Gasteiger partial charge >= 0.3 is 5.76 Å². The lowest BCUT2D eigenvalue weighted by atomic mass is 10.1. The Bertz CT molecular complexity index is 318. The maximum Gasteiger partial charge on any atom is 0.350 e. The minimum Gasteiger partial charge on any atom is -0.206 e.